The van der Waals surface area contributed by atoms with Crippen molar-refractivity contribution in [3.05, 3.63) is 53.7 Å². The molecule has 0 saturated carbocycles. The Bertz CT molecular complexity index is 947. The molecule has 0 radical (unpaired) electrons. The van der Waals surface area contributed by atoms with Crippen molar-refractivity contribution in [2.75, 3.05) is 20.2 Å². The van der Waals surface area contributed by atoms with Crippen LogP contribution in [0.5, 0.6) is 11.9 Å². The zero-order chi connectivity index (χ0) is 19.3. The Morgan fingerprint density at radius 1 is 1.21 bits per heavy atom. The maximum absolute atomic E-state index is 12.9. The number of aromatic nitrogens is 3. The minimum absolute atomic E-state index is 0.0630. The number of thiazole rings is 1. The third-order valence-electron chi connectivity index (χ3n) is 4.49. The molecular weight excluding hydrogens is 376 g/mol. The first-order valence-corrected chi connectivity index (χ1v) is 9.95. The lowest BCUT2D eigenvalue weighted by molar-refractivity contribution is 0.0521. The van der Waals surface area contributed by atoms with Crippen LogP contribution < -0.4 is 9.47 Å². The van der Waals surface area contributed by atoms with Crippen molar-refractivity contribution >= 4 is 17.2 Å². The Morgan fingerprint density at radius 2 is 2.07 bits per heavy atom. The lowest BCUT2D eigenvalue weighted by Gasteiger charge is -2.32. The third kappa shape index (κ3) is 4.12. The van der Waals surface area contributed by atoms with E-state index in [-0.39, 0.29) is 18.0 Å². The molecule has 4 rings (SSSR count). The number of carbonyl (C=O) groups excluding carboxylic acids is 1. The number of amides is 1. The summed E-state index contributed by atoms with van der Waals surface area (Å²) in [5.74, 6) is 0.387. The van der Waals surface area contributed by atoms with E-state index < -0.39 is 0 Å². The molecule has 1 atom stereocenters. The van der Waals surface area contributed by atoms with E-state index in [0.29, 0.717) is 24.7 Å². The highest BCUT2D eigenvalue weighted by atomic mass is 32.1. The van der Waals surface area contributed by atoms with Crippen LogP contribution in [0.15, 0.2) is 48.0 Å². The lowest BCUT2D eigenvalue weighted by Crippen LogP contribution is -2.44. The van der Waals surface area contributed by atoms with E-state index in [0.717, 1.165) is 23.4 Å². The summed E-state index contributed by atoms with van der Waals surface area (Å²) in [6.45, 7) is 1.20. The average molecular weight is 396 g/mol. The number of likely N-dealkylation sites (tertiary alicyclic amines) is 1. The summed E-state index contributed by atoms with van der Waals surface area (Å²) in [5.41, 5.74) is 1.50. The van der Waals surface area contributed by atoms with Crippen LogP contribution in [0.2, 0.25) is 0 Å². The van der Waals surface area contributed by atoms with Crippen molar-refractivity contribution in [2.24, 2.45) is 0 Å². The molecule has 7 nitrogen and oxygen atoms in total. The molecule has 1 aliphatic heterocycles. The molecule has 1 saturated heterocycles. The van der Waals surface area contributed by atoms with Gasteiger partial charge in [-0.3, -0.25) is 4.79 Å². The lowest BCUT2D eigenvalue weighted by atomic mass is 10.1. The molecule has 0 aliphatic carbocycles. The maximum atomic E-state index is 12.9. The van der Waals surface area contributed by atoms with Gasteiger partial charge in [-0.15, -0.1) is 11.3 Å². The Hall–Kier alpha value is -3.00. The Morgan fingerprint density at radius 3 is 2.89 bits per heavy atom. The number of nitrogens with zero attached hydrogens (tertiary/aromatic N) is 4. The molecule has 1 unspecified atom stereocenters. The van der Waals surface area contributed by atoms with E-state index >= 15 is 0 Å². The smallest absolute Gasteiger partial charge is 0.319 e. The van der Waals surface area contributed by atoms with Crippen molar-refractivity contribution in [3.8, 4) is 22.5 Å². The fourth-order valence-electron chi connectivity index (χ4n) is 3.13. The number of piperidine rings is 1. The monoisotopic (exact) mass is 396 g/mol. The summed E-state index contributed by atoms with van der Waals surface area (Å²) >= 11 is 1.48. The van der Waals surface area contributed by atoms with Gasteiger partial charge in [-0.2, -0.15) is 4.98 Å². The minimum Gasteiger partial charge on any atom is -0.472 e. The first kappa shape index (κ1) is 18.4. The molecule has 8 heteroatoms. The summed E-state index contributed by atoms with van der Waals surface area (Å²) in [7, 11) is 1.51. The van der Waals surface area contributed by atoms with Gasteiger partial charge in [0.25, 0.3) is 5.91 Å². The topological polar surface area (TPSA) is 77.4 Å². The van der Waals surface area contributed by atoms with Gasteiger partial charge in [0.1, 0.15) is 16.8 Å². The molecule has 0 bridgehead atoms. The first-order chi connectivity index (χ1) is 13.7. The van der Waals surface area contributed by atoms with Gasteiger partial charge >= 0.3 is 6.01 Å². The standard InChI is InChI=1S/C20H20N4O3S/c1-26-20-21-10-9-17(23-20)27-15-8-5-11-24(12-15)19(25)16-13-28-18(22-16)14-6-3-2-4-7-14/h2-4,6-7,9-10,13,15H,5,8,11-12H2,1H3. The van der Waals surface area contributed by atoms with Gasteiger partial charge in [-0.05, 0) is 12.8 Å². The van der Waals surface area contributed by atoms with Gasteiger partial charge in [0, 0.05) is 29.8 Å². The van der Waals surface area contributed by atoms with Gasteiger partial charge in [0.15, 0.2) is 0 Å². The van der Waals surface area contributed by atoms with Gasteiger partial charge < -0.3 is 14.4 Å². The zero-order valence-corrected chi connectivity index (χ0v) is 16.3. The fraction of sp³-hybridized carbons (Fsp3) is 0.300. The van der Waals surface area contributed by atoms with Crippen LogP contribution in [0.4, 0.5) is 0 Å². The van der Waals surface area contributed by atoms with Gasteiger partial charge in [-0.25, -0.2) is 9.97 Å². The first-order valence-electron chi connectivity index (χ1n) is 9.07. The van der Waals surface area contributed by atoms with Crippen molar-refractivity contribution in [3.63, 3.8) is 0 Å². The quantitative estimate of drug-likeness (QED) is 0.659. The minimum atomic E-state index is -0.121. The number of ether oxygens (including phenoxy) is 2. The van der Waals surface area contributed by atoms with Crippen molar-refractivity contribution in [1.82, 2.24) is 19.9 Å². The Kier molecular flexibility index (Phi) is 5.48. The summed E-state index contributed by atoms with van der Waals surface area (Å²) in [6.07, 6.45) is 3.20. The van der Waals surface area contributed by atoms with Crippen LogP contribution >= 0.6 is 11.3 Å². The second-order valence-corrected chi connectivity index (χ2v) is 7.28. The zero-order valence-electron chi connectivity index (χ0n) is 15.4. The number of methoxy groups -OCH3 is 1. The molecule has 3 heterocycles. The Balaban J connectivity index is 1.43. The summed E-state index contributed by atoms with van der Waals surface area (Å²) < 4.78 is 11.0. The van der Waals surface area contributed by atoms with Crippen LogP contribution in [0, 0.1) is 0 Å². The number of benzene rings is 1. The van der Waals surface area contributed by atoms with Gasteiger partial charge in [0.2, 0.25) is 5.88 Å². The maximum Gasteiger partial charge on any atom is 0.319 e. The highest BCUT2D eigenvalue weighted by molar-refractivity contribution is 7.13. The van der Waals surface area contributed by atoms with Gasteiger partial charge in [-0.1, -0.05) is 30.3 Å². The molecule has 0 spiro atoms. The molecule has 28 heavy (non-hydrogen) atoms. The average Bonchev–Trinajstić information content (AvgIpc) is 3.24. The highest BCUT2D eigenvalue weighted by Crippen LogP contribution is 2.25. The summed E-state index contributed by atoms with van der Waals surface area (Å²) in [6, 6.07) is 11.8. The molecule has 1 aromatic carbocycles. The molecule has 1 aliphatic rings. The molecular formula is C20H20N4O3S. The highest BCUT2D eigenvalue weighted by Gasteiger charge is 2.27. The second kappa shape index (κ2) is 8.35. The molecule has 144 valence electrons. The molecule has 1 amide bonds. The van der Waals surface area contributed by atoms with Gasteiger partial charge in [0.05, 0.1) is 13.7 Å². The number of rotatable bonds is 5. The van der Waals surface area contributed by atoms with E-state index in [4.69, 9.17) is 9.47 Å². The van der Waals surface area contributed by atoms with E-state index in [2.05, 4.69) is 15.0 Å². The normalized spacial score (nSPS) is 16.6. The number of hydrogen-bond acceptors (Lipinski definition) is 7. The SMILES string of the molecule is COc1nccc(OC2CCCN(C(=O)c3csc(-c4ccccc4)n3)C2)n1. The predicted molar refractivity (Wildman–Crippen MR) is 106 cm³/mol. The fourth-order valence-corrected chi connectivity index (χ4v) is 3.93. The van der Waals surface area contributed by atoms with Crippen LogP contribution in [0.1, 0.15) is 23.3 Å². The van der Waals surface area contributed by atoms with Crippen molar-refractivity contribution < 1.29 is 14.3 Å². The molecule has 1 fully saturated rings. The predicted octanol–water partition coefficient (Wildman–Crippen LogP) is 3.29. The van der Waals surface area contributed by atoms with Crippen LogP contribution in [-0.2, 0) is 0 Å². The Labute approximate surface area is 167 Å². The van der Waals surface area contributed by atoms with Crippen LogP contribution in [0.25, 0.3) is 10.6 Å². The summed E-state index contributed by atoms with van der Waals surface area (Å²) in [5, 5.41) is 2.67. The molecule has 3 aromatic rings. The van der Waals surface area contributed by atoms with Crippen molar-refractivity contribution in [2.45, 2.75) is 18.9 Å². The van der Waals surface area contributed by atoms with E-state index in [1.807, 2.05) is 35.7 Å². The van der Waals surface area contributed by atoms with Crippen molar-refractivity contribution in [1.29, 1.82) is 0 Å². The van der Waals surface area contributed by atoms with Crippen LogP contribution in [-0.4, -0.2) is 52.1 Å². The molecule has 2 aromatic heterocycles. The summed E-state index contributed by atoms with van der Waals surface area (Å²) in [4.78, 5) is 27.4. The largest absolute Gasteiger partial charge is 0.472 e. The number of carbonyl (C=O) groups is 1. The van der Waals surface area contributed by atoms with E-state index in [9.17, 15) is 4.79 Å². The van der Waals surface area contributed by atoms with Crippen LogP contribution in [0.3, 0.4) is 0 Å². The number of hydrogen-bond donors (Lipinski definition) is 0. The third-order valence-corrected chi connectivity index (χ3v) is 5.38. The van der Waals surface area contributed by atoms with E-state index in [1.54, 1.807) is 17.2 Å². The second-order valence-electron chi connectivity index (χ2n) is 6.42. The molecule has 0 N–H and O–H groups in total. The van der Waals surface area contributed by atoms with E-state index in [1.165, 1.54) is 18.4 Å².